The van der Waals surface area contributed by atoms with Crippen molar-refractivity contribution in [3.05, 3.63) is 0 Å². The summed E-state index contributed by atoms with van der Waals surface area (Å²) in [6.45, 7) is 9.82. The highest BCUT2D eigenvalue weighted by molar-refractivity contribution is 8.00. The maximum atomic E-state index is 11.4. The molecule has 1 aliphatic heterocycles. The molecule has 1 N–H and O–H groups in total. The Morgan fingerprint density at radius 3 is 2.71 bits per heavy atom. The molecule has 0 aromatic carbocycles. The highest BCUT2D eigenvalue weighted by Gasteiger charge is 2.24. The van der Waals surface area contributed by atoms with Gasteiger partial charge in [0.05, 0.1) is 0 Å². The average molecular weight is 258 g/mol. The summed E-state index contributed by atoms with van der Waals surface area (Å²) in [5, 5.41) is 3.63. The van der Waals surface area contributed by atoms with Gasteiger partial charge >= 0.3 is 0 Å². The van der Waals surface area contributed by atoms with E-state index in [0.717, 1.165) is 18.7 Å². The van der Waals surface area contributed by atoms with Crippen LogP contribution in [0.1, 0.15) is 40.5 Å². The monoisotopic (exact) mass is 258 g/mol. The third kappa shape index (κ3) is 5.77. The number of likely N-dealkylation sites (N-methyl/N-ethyl adjacent to an activating group) is 1. The minimum Gasteiger partial charge on any atom is -0.344 e. The first kappa shape index (κ1) is 14.8. The summed E-state index contributed by atoms with van der Waals surface area (Å²) in [5.74, 6) is 1.40. The van der Waals surface area contributed by atoms with Crippen molar-refractivity contribution in [3.63, 3.8) is 0 Å². The van der Waals surface area contributed by atoms with Gasteiger partial charge in [-0.25, -0.2) is 0 Å². The zero-order valence-corrected chi connectivity index (χ0v) is 12.6. The van der Waals surface area contributed by atoms with E-state index in [9.17, 15) is 4.79 Å². The molecule has 0 aromatic rings. The Morgan fingerprint density at radius 1 is 1.53 bits per heavy atom. The smallest absolute Gasteiger partial charge is 0.222 e. The lowest BCUT2D eigenvalue weighted by Crippen LogP contribution is -2.49. The quantitative estimate of drug-likeness (QED) is 0.838. The van der Waals surface area contributed by atoms with Crippen molar-refractivity contribution in [1.82, 2.24) is 10.2 Å². The van der Waals surface area contributed by atoms with Gasteiger partial charge in [0.2, 0.25) is 5.91 Å². The summed E-state index contributed by atoms with van der Waals surface area (Å²) in [7, 11) is 1.89. The van der Waals surface area contributed by atoms with Gasteiger partial charge in [-0.15, -0.1) is 0 Å². The molecule has 1 saturated heterocycles. The van der Waals surface area contributed by atoms with Crippen molar-refractivity contribution in [2.75, 3.05) is 19.3 Å². The molecule has 2 atom stereocenters. The van der Waals surface area contributed by atoms with E-state index in [0.29, 0.717) is 23.3 Å². The molecular formula is C13H26N2OS. The van der Waals surface area contributed by atoms with Crippen molar-refractivity contribution in [2.45, 2.75) is 57.4 Å². The second kappa shape index (κ2) is 6.10. The molecular weight excluding hydrogens is 232 g/mol. The van der Waals surface area contributed by atoms with E-state index in [1.165, 1.54) is 0 Å². The van der Waals surface area contributed by atoms with Crippen molar-refractivity contribution < 1.29 is 4.79 Å². The Bertz CT molecular complexity index is 263. The van der Waals surface area contributed by atoms with Crippen LogP contribution >= 0.6 is 11.8 Å². The van der Waals surface area contributed by atoms with Gasteiger partial charge in [-0.05, 0) is 13.3 Å². The first-order chi connectivity index (χ1) is 7.78. The third-order valence-corrected chi connectivity index (χ3v) is 4.45. The lowest BCUT2D eigenvalue weighted by atomic mass is 10.1. The number of likely N-dealkylation sites (tertiary alicyclic amines) is 1. The SMILES string of the molecule is C[C@H](CSC(C)(C)C)N[C@@H]1CCC(=O)N(C)C1. The van der Waals surface area contributed by atoms with Crippen LogP contribution in [0.15, 0.2) is 0 Å². The Morgan fingerprint density at radius 2 is 2.18 bits per heavy atom. The molecule has 0 radical (unpaired) electrons. The van der Waals surface area contributed by atoms with Gasteiger partial charge in [0.15, 0.2) is 0 Å². The zero-order valence-electron chi connectivity index (χ0n) is 11.7. The number of carbonyl (C=O) groups is 1. The van der Waals surface area contributed by atoms with Crippen LogP contribution in [-0.4, -0.2) is 47.0 Å². The Kier molecular flexibility index (Phi) is 5.32. The van der Waals surface area contributed by atoms with Gasteiger partial charge in [0.25, 0.3) is 0 Å². The molecule has 17 heavy (non-hydrogen) atoms. The molecule has 1 fully saturated rings. The molecule has 0 aliphatic carbocycles. The van der Waals surface area contributed by atoms with Crippen LogP contribution in [0.2, 0.25) is 0 Å². The van der Waals surface area contributed by atoms with Crippen molar-refractivity contribution in [2.24, 2.45) is 0 Å². The number of thioether (sulfide) groups is 1. The summed E-state index contributed by atoms with van der Waals surface area (Å²) in [5.41, 5.74) is 0. The van der Waals surface area contributed by atoms with Crippen LogP contribution in [0.4, 0.5) is 0 Å². The summed E-state index contributed by atoms with van der Waals surface area (Å²) in [6, 6.07) is 0.971. The van der Waals surface area contributed by atoms with Gasteiger partial charge in [-0.2, -0.15) is 11.8 Å². The van der Waals surface area contributed by atoms with Gasteiger partial charge < -0.3 is 10.2 Å². The van der Waals surface area contributed by atoms with Crippen molar-refractivity contribution in [1.29, 1.82) is 0 Å². The number of nitrogens with zero attached hydrogens (tertiary/aromatic N) is 1. The van der Waals surface area contributed by atoms with Crippen LogP contribution in [-0.2, 0) is 4.79 Å². The minimum atomic E-state index is 0.278. The Balaban J connectivity index is 2.27. The summed E-state index contributed by atoms with van der Waals surface area (Å²) >= 11 is 1.99. The minimum absolute atomic E-state index is 0.278. The molecule has 1 aliphatic rings. The van der Waals surface area contributed by atoms with E-state index in [-0.39, 0.29) is 5.91 Å². The maximum absolute atomic E-state index is 11.4. The average Bonchev–Trinajstić information content (AvgIpc) is 2.20. The predicted octanol–water partition coefficient (Wildman–Crippen LogP) is 2.12. The van der Waals surface area contributed by atoms with Gasteiger partial charge in [-0.3, -0.25) is 4.79 Å². The number of hydrogen-bond acceptors (Lipinski definition) is 3. The fourth-order valence-electron chi connectivity index (χ4n) is 1.97. The number of hydrogen-bond donors (Lipinski definition) is 1. The van der Waals surface area contributed by atoms with Crippen LogP contribution in [0, 0.1) is 0 Å². The second-order valence-electron chi connectivity index (χ2n) is 6.00. The zero-order chi connectivity index (χ0) is 13.1. The summed E-state index contributed by atoms with van der Waals surface area (Å²) < 4.78 is 0.329. The Hall–Kier alpha value is -0.220. The van der Waals surface area contributed by atoms with Gasteiger partial charge in [0, 0.05) is 42.6 Å². The van der Waals surface area contributed by atoms with E-state index < -0.39 is 0 Å². The molecule has 0 bridgehead atoms. The fraction of sp³-hybridized carbons (Fsp3) is 0.923. The topological polar surface area (TPSA) is 32.3 Å². The first-order valence-corrected chi connectivity index (χ1v) is 7.40. The summed E-state index contributed by atoms with van der Waals surface area (Å²) in [4.78, 5) is 13.2. The lowest BCUT2D eigenvalue weighted by Gasteiger charge is -2.32. The third-order valence-electron chi connectivity index (χ3n) is 2.91. The number of nitrogens with one attached hydrogen (secondary N) is 1. The molecule has 1 rings (SSSR count). The summed E-state index contributed by atoms with van der Waals surface area (Å²) in [6.07, 6.45) is 1.67. The molecule has 0 aromatic heterocycles. The van der Waals surface area contributed by atoms with E-state index >= 15 is 0 Å². The number of carbonyl (C=O) groups excluding carboxylic acids is 1. The van der Waals surface area contributed by atoms with Crippen molar-refractivity contribution in [3.8, 4) is 0 Å². The molecule has 0 unspecified atom stereocenters. The predicted molar refractivity (Wildman–Crippen MR) is 75.5 cm³/mol. The number of piperidine rings is 1. The highest BCUT2D eigenvalue weighted by Crippen LogP contribution is 2.24. The standard InChI is InChI=1S/C13H26N2OS/c1-10(9-17-13(2,3)4)14-11-6-7-12(16)15(5)8-11/h10-11,14H,6-9H2,1-5H3/t10-,11-/m1/s1. The molecule has 3 nitrogen and oxygen atoms in total. The van der Waals surface area contributed by atoms with E-state index in [4.69, 9.17) is 0 Å². The van der Waals surface area contributed by atoms with E-state index in [2.05, 4.69) is 33.0 Å². The van der Waals surface area contributed by atoms with E-state index in [1.807, 2.05) is 23.7 Å². The van der Waals surface area contributed by atoms with Crippen molar-refractivity contribution >= 4 is 17.7 Å². The van der Waals surface area contributed by atoms with Crippen LogP contribution in [0.3, 0.4) is 0 Å². The first-order valence-electron chi connectivity index (χ1n) is 6.42. The largest absolute Gasteiger partial charge is 0.344 e. The molecule has 100 valence electrons. The normalized spacial score (nSPS) is 23.9. The molecule has 1 heterocycles. The molecule has 0 saturated carbocycles. The number of rotatable bonds is 4. The molecule has 4 heteroatoms. The van der Waals surface area contributed by atoms with Gasteiger partial charge in [0.1, 0.15) is 0 Å². The highest BCUT2D eigenvalue weighted by atomic mass is 32.2. The van der Waals surface area contributed by atoms with E-state index in [1.54, 1.807) is 0 Å². The van der Waals surface area contributed by atoms with Crippen LogP contribution < -0.4 is 5.32 Å². The van der Waals surface area contributed by atoms with Crippen LogP contribution in [0.25, 0.3) is 0 Å². The number of amides is 1. The van der Waals surface area contributed by atoms with Crippen LogP contribution in [0.5, 0.6) is 0 Å². The molecule has 0 spiro atoms. The fourth-order valence-corrected chi connectivity index (χ4v) is 2.82. The molecule has 1 amide bonds. The Labute approximate surface area is 110 Å². The lowest BCUT2D eigenvalue weighted by molar-refractivity contribution is -0.132. The maximum Gasteiger partial charge on any atom is 0.222 e. The second-order valence-corrected chi connectivity index (χ2v) is 7.85. The van der Waals surface area contributed by atoms with Gasteiger partial charge in [-0.1, -0.05) is 20.8 Å².